The lowest BCUT2D eigenvalue weighted by atomic mass is 10.2. The monoisotopic (exact) mass is 292 g/mol. The predicted octanol–water partition coefficient (Wildman–Crippen LogP) is -0.0481. The number of nitrogens with two attached hydrogens (primary N) is 1. The zero-order valence-electron chi connectivity index (χ0n) is 9.96. The maximum absolute atomic E-state index is 11.8. The Morgan fingerprint density at radius 3 is 2.44 bits per heavy atom. The SMILES string of the molecule is Cc1cccc(S(=O)(=O)NCCCS(N)(=O)=O)c1. The van der Waals surface area contributed by atoms with Crippen LogP contribution in [-0.4, -0.2) is 29.1 Å². The third-order valence-electron chi connectivity index (χ3n) is 2.20. The molecule has 3 N–H and O–H groups in total. The van der Waals surface area contributed by atoms with Gasteiger partial charge < -0.3 is 0 Å². The van der Waals surface area contributed by atoms with Gasteiger partial charge >= 0.3 is 0 Å². The molecule has 102 valence electrons. The summed E-state index contributed by atoms with van der Waals surface area (Å²) in [6.45, 7) is 1.83. The van der Waals surface area contributed by atoms with Gasteiger partial charge in [0.2, 0.25) is 20.0 Å². The molecule has 0 atom stereocenters. The molecule has 0 spiro atoms. The number of benzene rings is 1. The molecule has 0 aromatic heterocycles. The Morgan fingerprint density at radius 2 is 1.89 bits per heavy atom. The zero-order valence-corrected chi connectivity index (χ0v) is 11.6. The number of rotatable bonds is 6. The number of sulfonamides is 2. The molecule has 0 aliphatic rings. The molecule has 1 aromatic rings. The van der Waals surface area contributed by atoms with E-state index in [2.05, 4.69) is 4.72 Å². The van der Waals surface area contributed by atoms with Crippen LogP contribution in [0, 0.1) is 6.92 Å². The molecule has 1 aromatic carbocycles. The minimum atomic E-state index is -3.59. The number of hydrogen-bond donors (Lipinski definition) is 2. The summed E-state index contributed by atoms with van der Waals surface area (Å²) in [7, 11) is -7.13. The Hall–Kier alpha value is -0.960. The second-order valence-corrected chi connectivity index (χ2v) is 7.44. The molecule has 6 nitrogen and oxygen atoms in total. The summed E-state index contributed by atoms with van der Waals surface area (Å²) in [6.07, 6.45) is 0.143. The first kappa shape index (κ1) is 15.1. The molecule has 0 radical (unpaired) electrons. The Labute approximate surface area is 107 Å². The Bertz CT molecular complexity index is 609. The quantitative estimate of drug-likeness (QED) is 0.717. The molecule has 18 heavy (non-hydrogen) atoms. The van der Waals surface area contributed by atoms with E-state index in [4.69, 9.17) is 5.14 Å². The molecule has 0 unspecified atom stereocenters. The van der Waals surface area contributed by atoms with E-state index in [9.17, 15) is 16.8 Å². The summed E-state index contributed by atoms with van der Waals surface area (Å²) < 4.78 is 47.3. The highest BCUT2D eigenvalue weighted by Gasteiger charge is 2.13. The fourth-order valence-corrected chi connectivity index (χ4v) is 3.07. The standard InChI is InChI=1S/C10H16N2O4S2/c1-9-4-2-5-10(8-9)18(15,16)12-6-3-7-17(11,13)14/h2,4-5,8,12H,3,6-7H2,1H3,(H2,11,13,14). The molecule has 1 rings (SSSR count). The largest absolute Gasteiger partial charge is 0.240 e. The van der Waals surface area contributed by atoms with E-state index in [1.165, 1.54) is 6.07 Å². The van der Waals surface area contributed by atoms with Crippen LogP contribution in [0.2, 0.25) is 0 Å². The summed E-state index contributed by atoms with van der Waals surface area (Å²) in [4.78, 5) is 0.165. The lowest BCUT2D eigenvalue weighted by Crippen LogP contribution is -2.27. The van der Waals surface area contributed by atoms with E-state index in [-0.39, 0.29) is 23.6 Å². The van der Waals surface area contributed by atoms with Crippen LogP contribution < -0.4 is 9.86 Å². The van der Waals surface area contributed by atoms with Crippen molar-refractivity contribution in [2.75, 3.05) is 12.3 Å². The number of aryl methyl sites for hydroxylation is 1. The van der Waals surface area contributed by atoms with Gasteiger partial charge in [0.15, 0.2) is 0 Å². The summed E-state index contributed by atoms with van der Waals surface area (Å²) in [6, 6.07) is 6.46. The van der Waals surface area contributed by atoms with Crippen LogP contribution >= 0.6 is 0 Å². The van der Waals surface area contributed by atoms with Gasteiger partial charge in [-0.15, -0.1) is 0 Å². The minimum Gasteiger partial charge on any atom is -0.229 e. The fourth-order valence-electron chi connectivity index (χ4n) is 1.35. The van der Waals surface area contributed by atoms with Crippen LogP contribution in [0.15, 0.2) is 29.2 Å². The fraction of sp³-hybridized carbons (Fsp3) is 0.400. The molecule has 0 bridgehead atoms. The van der Waals surface area contributed by atoms with Gasteiger partial charge in [0.25, 0.3) is 0 Å². The second kappa shape index (κ2) is 5.79. The average Bonchev–Trinajstić information content (AvgIpc) is 2.23. The van der Waals surface area contributed by atoms with Gasteiger partial charge in [-0.2, -0.15) is 0 Å². The van der Waals surface area contributed by atoms with Crippen molar-refractivity contribution in [3.63, 3.8) is 0 Å². The molecule has 0 heterocycles. The van der Waals surface area contributed by atoms with Crippen molar-refractivity contribution < 1.29 is 16.8 Å². The van der Waals surface area contributed by atoms with Crippen molar-refractivity contribution in [1.82, 2.24) is 4.72 Å². The van der Waals surface area contributed by atoms with Crippen LogP contribution in [-0.2, 0) is 20.0 Å². The summed E-state index contributed by atoms with van der Waals surface area (Å²) in [5.74, 6) is -0.247. The lowest BCUT2D eigenvalue weighted by molar-refractivity contribution is 0.576. The van der Waals surface area contributed by atoms with E-state index < -0.39 is 20.0 Å². The van der Waals surface area contributed by atoms with E-state index in [0.717, 1.165) is 5.56 Å². The van der Waals surface area contributed by atoms with Gasteiger partial charge in [-0.1, -0.05) is 12.1 Å². The summed E-state index contributed by atoms with van der Waals surface area (Å²) in [5.41, 5.74) is 0.836. The van der Waals surface area contributed by atoms with E-state index >= 15 is 0 Å². The van der Waals surface area contributed by atoms with E-state index in [0.29, 0.717) is 0 Å². The van der Waals surface area contributed by atoms with Crippen molar-refractivity contribution in [2.45, 2.75) is 18.2 Å². The predicted molar refractivity (Wildman–Crippen MR) is 69.0 cm³/mol. The van der Waals surface area contributed by atoms with Crippen LogP contribution in [0.25, 0.3) is 0 Å². The van der Waals surface area contributed by atoms with Gasteiger partial charge in [-0.05, 0) is 31.0 Å². The molecule has 0 aliphatic carbocycles. The van der Waals surface area contributed by atoms with Crippen molar-refractivity contribution in [3.05, 3.63) is 29.8 Å². The Morgan fingerprint density at radius 1 is 1.22 bits per heavy atom. The second-order valence-electron chi connectivity index (χ2n) is 3.93. The highest BCUT2D eigenvalue weighted by atomic mass is 32.2. The first-order valence-corrected chi connectivity index (χ1v) is 8.47. The molecule has 8 heteroatoms. The molecular weight excluding hydrogens is 276 g/mol. The molecule has 0 saturated heterocycles. The van der Waals surface area contributed by atoms with Gasteiger partial charge in [0, 0.05) is 6.54 Å². The first-order chi connectivity index (χ1) is 8.21. The van der Waals surface area contributed by atoms with E-state index in [1.54, 1.807) is 25.1 Å². The van der Waals surface area contributed by atoms with E-state index in [1.807, 2.05) is 0 Å². The van der Waals surface area contributed by atoms with Gasteiger partial charge in [0.1, 0.15) is 0 Å². The average molecular weight is 292 g/mol. The topological polar surface area (TPSA) is 106 Å². The maximum atomic E-state index is 11.8. The smallest absolute Gasteiger partial charge is 0.229 e. The normalized spacial score (nSPS) is 12.6. The van der Waals surface area contributed by atoms with Crippen LogP contribution in [0.3, 0.4) is 0 Å². The van der Waals surface area contributed by atoms with Crippen molar-refractivity contribution in [2.24, 2.45) is 5.14 Å². The molecule has 0 saturated carbocycles. The maximum Gasteiger partial charge on any atom is 0.240 e. The van der Waals surface area contributed by atoms with Crippen LogP contribution in [0.1, 0.15) is 12.0 Å². The lowest BCUT2D eigenvalue weighted by Gasteiger charge is -2.06. The minimum absolute atomic E-state index is 0.0344. The highest BCUT2D eigenvalue weighted by molar-refractivity contribution is 7.89. The zero-order chi connectivity index (χ0) is 13.8. The number of primary sulfonamides is 1. The van der Waals surface area contributed by atoms with Crippen LogP contribution in [0.4, 0.5) is 0 Å². The third kappa shape index (κ3) is 5.13. The molecule has 0 amide bonds. The molecule has 0 fully saturated rings. The van der Waals surface area contributed by atoms with Crippen LogP contribution in [0.5, 0.6) is 0 Å². The number of nitrogens with one attached hydrogen (secondary N) is 1. The van der Waals surface area contributed by atoms with Crippen molar-refractivity contribution >= 4 is 20.0 Å². The molecule has 0 aliphatic heterocycles. The third-order valence-corrected chi connectivity index (χ3v) is 4.51. The van der Waals surface area contributed by atoms with Crippen molar-refractivity contribution in [3.8, 4) is 0 Å². The van der Waals surface area contributed by atoms with Gasteiger partial charge in [-0.25, -0.2) is 26.7 Å². The first-order valence-electron chi connectivity index (χ1n) is 5.27. The highest BCUT2D eigenvalue weighted by Crippen LogP contribution is 2.10. The van der Waals surface area contributed by atoms with Gasteiger partial charge in [0.05, 0.1) is 10.6 Å². The summed E-state index contributed by atoms with van der Waals surface area (Å²) >= 11 is 0. The number of hydrogen-bond acceptors (Lipinski definition) is 4. The Kier molecular flexibility index (Phi) is 4.85. The Balaban J connectivity index is 2.61. The summed E-state index contributed by atoms with van der Waals surface area (Å²) in [5, 5.41) is 4.81. The van der Waals surface area contributed by atoms with Crippen molar-refractivity contribution in [1.29, 1.82) is 0 Å². The van der Waals surface area contributed by atoms with Gasteiger partial charge in [-0.3, -0.25) is 0 Å². The molecular formula is C10H16N2O4S2.